The van der Waals surface area contributed by atoms with Crippen molar-refractivity contribution in [2.45, 2.75) is 39.2 Å². The van der Waals surface area contributed by atoms with Crippen LogP contribution < -0.4 is 51.4 Å². The molecule has 0 aromatic heterocycles. The van der Waals surface area contributed by atoms with Crippen LogP contribution in [0, 0.1) is 11.8 Å². The third-order valence-corrected chi connectivity index (χ3v) is 2.90. The van der Waals surface area contributed by atoms with Crippen LogP contribution in [0.25, 0.3) is 0 Å². The zero-order chi connectivity index (χ0) is 10.1. The van der Waals surface area contributed by atoms with Gasteiger partial charge in [-0.25, -0.2) is 8.42 Å². The normalized spacial score (nSPS) is 33.5. The van der Waals surface area contributed by atoms with Crippen LogP contribution in [0.4, 0.5) is 0 Å². The van der Waals surface area contributed by atoms with Gasteiger partial charge in [-0.05, 0) is 31.1 Å². The van der Waals surface area contributed by atoms with E-state index >= 15 is 0 Å². The average molecular weight is 246 g/mol. The van der Waals surface area contributed by atoms with E-state index in [9.17, 15) is 13.0 Å². The molecule has 2 atom stereocenters. The van der Waals surface area contributed by atoms with Crippen LogP contribution in [0.15, 0.2) is 0 Å². The summed E-state index contributed by atoms with van der Waals surface area (Å²) in [6.45, 7) is 4.09. The number of rotatable bonds is 2. The van der Waals surface area contributed by atoms with Crippen LogP contribution in [0.1, 0.15) is 33.1 Å². The zero-order valence-corrected chi connectivity index (χ0v) is 12.8. The van der Waals surface area contributed by atoms with Crippen LogP contribution in [0.3, 0.4) is 0 Å². The van der Waals surface area contributed by atoms with E-state index in [0.717, 1.165) is 6.42 Å². The van der Waals surface area contributed by atoms with E-state index in [0.29, 0.717) is 24.7 Å². The van der Waals surface area contributed by atoms with E-state index in [1.807, 2.05) is 13.8 Å². The molecule has 6 heteroatoms. The second-order valence-corrected chi connectivity index (χ2v) is 5.05. The first-order chi connectivity index (χ1) is 5.87. The summed E-state index contributed by atoms with van der Waals surface area (Å²) in [7, 11) is -4.52. The summed E-state index contributed by atoms with van der Waals surface area (Å²) in [5, 5.41) is 0. The fourth-order valence-electron chi connectivity index (χ4n) is 2.12. The summed E-state index contributed by atoms with van der Waals surface area (Å²) in [6, 6.07) is 0. The molecular weight excluding hydrogens is 231 g/mol. The van der Waals surface area contributed by atoms with Gasteiger partial charge in [-0.1, -0.05) is 13.8 Å². The molecule has 1 fully saturated rings. The van der Waals surface area contributed by atoms with E-state index in [2.05, 4.69) is 4.18 Å². The molecule has 0 amide bonds. The fraction of sp³-hybridized carbons (Fsp3) is 1.00. The average Bonchev–Trinajstić information content (AvgIpc) is 1.78. The van der Waals surface area contributed by atoms with Gasteiger partial charge in [0, 0.05) is 0 Å². The van der Waals surface area contributed by atoms with Gasteiger partial charge in [-0.2, -0.15) is 0 Å². The molecule has 0 bridgehead atoms. The van der Waals surface area contributed by atoms with Gasteiger partial charge in [0.25, 0.3) is 0 Å². The van der Waals surface area contributed by atoms with Crippen LogP contribution >= 0.6 is 0 Å². The maximum absolute atomic E-state index is 10.3. The van der Waals surface area contributed by atoms with Crippen LogP contribution in [-0.2, 0) is 14.6 Å². The van der Waals surface area contributed by atoms with Crippen molar-refractivity contribution >= 4 is 10.4 Å². The zero-order valence-electron chi connectivity index (χ0n) is 8.89. The smallest absolute Gasteiger partial charge is 0.726 e. The quantitative estimate of drug-likeness (QED) is 0.331. The minimum Gasteiger partial charge on any atom is -0.726 e. The summed E-state index contributed by atoms with van der Waals surface area (Å²) in [5.74, 6) is 0.881. The standard InChI is InChI=1S/C8H16O4S.K/c1-6-3-7(2)5-8(4-6)12-13(9,10)11;/h6-8H,3-5H2,1-2H3,(H,9,10,11);/q;+1/p-1. The van der Waals surface area contributed by atoms with Gasteiger partial charge < -0.3 is 4.55 Å². The van der Waals surface area contributed by atoms with E-state index < -0.39 is 16.5 Å². The second-order valence-electron chi connectivity index (χ2n) is 4.04. The molecule has 0 aromatic carbocycles. The largest absolute Gasteiger partial charge is 1.00 e. The van der Waals surface area contributed by atoms with Gasteiger partial charge in [0.05, 0.1) is 6.10 Å². The summed E-state index contributed by atoms with van der Waals surface area (Å²) < 4.78 is 35.4. The van der Waals surface area contributed by atoms with E-state index in [1.165, 1.54) is 0 Å². The minimum atomic E-state index is -4.52. The first-order valence-corrected chi connectivity index (χ1v) is 5.84. The second kappa shape index (κ2) is 6.29. The fourth-order valence-corrected chi connectivity index (χ4v) is 2.61. The van der Waals surface area contributed by atoms with Crippen molar-refractivity contribution in [1.82, 2.24) is 0 Å². The Bertz CT molecular complexity index is 255. The maximum atomic E-state index is 10.3. The van der Waals surface area contributed by atoms with Crippen LogP contribution in [0.2, 0.25) is 0 Å². The van der Waals surface area contributed by atoms with Gasteiger partial charge >= 0.3 is 51.4 Å². The molecule has 78 valence electrons. The van der Waals surface area contributed by atoms with E-state index in [-0.39, 0.29) is 51.4 Å². The van der Waals surface area contributed by atoms with Crippen molar-refractivity contribution in [3.8, 4) is 0 Å². The van der Waals surface area contributed by atoms with Crippen molar-refractivity contribution < 1.29 is 68.5 Å². The molecule has 14 heavy (non-hydrogen) atoms. The van der Waals surface area contributed by atoms with E-state index in [1.54, 1.807) is 0 Å². The predicted molar refractivity (Wildman–Crippen MR) is 46.7 cm³/mol. The Kier molecular flexibility index (Phi) is 6.97. The molecule has 0 aliphatic heterocycles. The van der Waals surface area contributed by atoms with Gasteiger partial charge in [0.1, 0.15) is 0 Å². The van der Waals surface area contributed by atoms with Crippen molar-refractivity contribution in [2.75, 3.05) is 0 Å². The Hall–Kier alpha value is 1.51. The van der Waals surface area contributed by atoms with Crippen LogP contribution in [-0.4, -0.2) is 19.1 Å². The molecule has 0 N–H and O–H groups in total. The monoisotopic (exact) mass is 246 g/mol. The molecule has 1 saturated carbocycles. The van der Waals surface area contributed by atoms with Crippen molar-refractivity contribution in [1.29, 1.82) is 0 Å². The molecule has 1 rings (SSSR count). The molecule has 4 nitrogen and oxygen atoms in total. The Morgan fingerprint density at radius 1 is 1.14 bits per heavy atom. The Morgan fingerprint density at radius 2 is 1.57 bits per heavy atom. The first kappa shape index (κ1) is 15.5. The number of hydrogen-bond donors (Lipinski definition) is 0. The SMILES string of the molecule is CC1CC(C)CC(OS(=O)(=O)[O-])C1.[K+]. The molecular formula is C8H15KO4S. The van der Waals surface area contributed by atoms with Crippen molar-refractivity contribution in [3.63, 3.8) is 0 Å². The Morgan fingerprint density at radius 3 is 1.93 bits per heavy atom. The van der Waals surface area contributed by atoms with Crippen molar-refractivity contribution in [2.24, 2.45) is 11.8 Å². The molecule has 1 aliphatic carbocycles. The Labute approximate surface area is 128 Å². The third kappa shape index (κ3) is 6.17. The molecule has 0 saturated heterocycles. The minimum absolute atomic E-state index is 0. The van der Waals surface area contributed by atoms with Crippen LogP contribution in [0.5, 0.6) is 0 Å². The molecule has 0 radical (unpaired) electrons. The molecule has 2 unspecified atom stereocenters. The van der Waals surface area contributed by atoms with Gasteiger partial charge in [-0.15, -0.1) is 0 Å². The summed E-state index contributed by atoms with van der Waals surface area (Å²) in [4.78, 5) is 0. The van der Waals surface area contributed by atoms with Crippen molar-refractivity contribution in [3.05, 3.63) is 0 Å². The molecule has 1 aliphatic rings. The summed E-state index contributed by atoms with van der Waals surface area (Å²) in [5.41, 5.74) is 0. The van der Waals surface area contributed by atoms with Gasteiger partial charge in [0.15, 0.2) is 0 Å². The molecule has 0 heterocycles. The Balaban J connectivity index is 0.00000169. The molecule has 0 spiro atoms. The topological polar surface area (TPSA) is 66.4 Å². The van der Waals surface area contributed by atoms with E-state index in [4.69, 9.17) is 0 Å². The summed E-state index contributed by atoms with van der Waals surface area (Å²) in [6.07, 6.45) is 2.03. The number of hydrogen-bond acceptors (Lipinski definition) is 4. The first-order valence-electron chi connectivity index (χ1n) is 4.51. The summed E-state index contributed by atoms with van der Waals surface area (Å²) >= 11 is 0. The van der Waals surface area contributed by atoms with Gasteiger partial charge in [-0.3, -0.25) is 4.18 Å². The molecule has 0 aromatic rings. The predicted octanol–water partition coefficient (Wildman–Crippen LogP) is -1.71. The maximum Gasteiger partial charge on any atom is 1.00 e. The third-order valence-electron chi connectivity index (χ3n) is 2.39. The van der Waals surface area contributed by atoms with Gasteiger partial charge in [0.2, 0.25) is 10.4 Å².